The first-order chi connectivity index (χ1) is 8.97. The summed E-state index contributed by atoms with van der Waals surface area (Å²) in [6.45, 7) is 3.97. The number of carboxylic acid groups (broad SMARTS) is 1. The molecule has 2 amide bonds. The quantitative estimate of drug-likeness (QED) is 0.803. The lowest BCUT2D eigenvalue weighted by Gasteiger charge is -2.37. The van der Waals surface area contributed by atoms with E-state index >= 15 is 0 Å². The number of rotatable bonds is 2. The zero-order valence-corrected chi connectivity index (χ0v) is 11.3. The van der Waals surface area contributed by atoms with Crippen molar-refractivity contribution >= 4 is 12.0 Å². The highest BCUT2D eigenvalue weighted by atomic mass is 19.4. The third kappa shape index (κ3) is 3.33. The largest absolute Gasteiger partial charge is 0.479 e. The van der Waals surface area contributed by atoms with E-state index in [-0.39, 0.29) is 25.3 Å². The third-order valence-corrected chi connectivity index (χ3v) is 3.06. The molecule has 6 nitrogen and oxygen atoms in total. The summed E-state index contributed by atoms with van der Waals surface area (Å²) >= 11 is 0. The molecular weight excluding hydrogens is 281 g/mol. The number of nitrogens with one attached hydrogen (secondary N) is 1. The van der Waals surface area contributed by atoms with Gasteiger partial charge in [0.25, 0.3) is 0 Å². The molecule has 0 aliphatic carbocycles. The zero-order valence-electron chi connectivity index (χ0n) is 11.3. The number of carboxylic acids is 1. The van der Waals surface area contributed by atoms with Gasteiger partial charge < -0.3 is 20.1 Å². The highest BCUT2D eigenvalue weighted by Crippen LogP contribution is 2.30. The van der Waals surface area contributed by atoms with Crippen molar-refractivity contribution in [1.29, 1.82) is 0 Å². The van der Waals surface area contributed by atoms with Crippen LogP contribution in [-0.2, 0) is 9.53 Å². The van der Waals surface area contributed by atoms with E-state index in [2.05, 4.69) is 0 Å². The van der Waals surface area contributed by atoms with Crippen LogP contribution in [0.15, 0.2) is 0 Å². The SMILES string of the molecule is CC1CN(C(=O)NC(C)(C(=O)O)C(F)(F)F)CC(C)O1. The summed E-state index contributed by atoms with van der Waals surface area (Å²) in [6, 6.07) is -1.07. The van der Waals surface area contributed by atoms with Gasteiger partial charge in [-0.05, 0) is 20.8 Å². The number of ether oxygens (including phenoxy) is 1. The Bertz CT molecular complexity index is 392. The van der Waals surface area contributed by atoms with Crippen molar-refractivity contribution < 1.29 is 32.6 Å². The smallest absolute Gasteiger partial charge is 0.422 e. The first-order valence-corrected chi connectivity index (χ1v) is 6.00. The molecule has 1 heterocycles. The second-order valence-electron chi connectivity index (χ2n) is 5.02. The average molecular weight is 298 g/mol. The van der Waals surface area contributed by atoms with Gasteiger partial charge in [0.15, 0.2) is 0 Å². The predicted molar refractivity (Wildman–Crippen MR) is 62.2 cm³/mol. The molecule has 9 heteroatoms. The molecule has 3 unspecified atom stereocenters. The van der Waals surface area contributed by atoms with Crippen molar-refractivity contribution in [2.75, 3.05) is 13.1 Å². The molecule has 0 aromatic heterocycles. The number of aliphatic carboxylic acids is 1. The van der Waals surface area contributed by atoms with Gasteiger partial charge in [-0.25, -0.2) is 9.59 Å². The maximum absolute atomic E-state index is 12.8. The van der Waals surface area contributed by atoms with E-state index in [0.717, 1.165) is 4.90 Å². The van der Waals surface area contributed by atoms with Gasteiger partial charge in [0.2, 0.25) is 5.54 Å². The van der Waals surface area contributed by atoms with Gasteiger partial charge in [-0.2, -0.15) is 13.2 Å². The molecule has 1 aliphatic heterocycles. The van der Waals surface area contributed by atoms with Crippen molar-refractivity contribution in [3.63, 3.8) is 0 Å². The second-order valence-corrected chi connectivity index (χ2v) is 5.02. The molecule has 1 fully saturated rings. The molecule has 0 radical (unpaired) electrons. The number of hydrogen-bond acceptors (Lipinski definition) is 3. The normalized spacial score (nSPS) is 26.8. The molecule has 0 spiro atoms. The number of hydrogen-bond donors (Lipinski definition) is 2. The monoisotopic (exact) mass is 298 g/mol. The lowest BCUT2D eigenvalue weighted by atomic mass is 10.0. The van der Waals surface area contributed by atoms with Gasteiger partial charge in [-0.15, -0.1) is 0 Å². The van der Waals surface area contributed by atoms with Crippen molar-refractivity contribution in [3.05, 3.63) is 0 Å². The van der Waals surface area contributed by atoms with Gasteiger partial charge in [0.05, 0.1) is 12.2 Å². The lowest BCUT2D eigenvalue weighted by Crippen LogP contribution is -2.65. The maximum atomic E-state index is 12.8. The van der Waals surface area contributed by atoms with E-state index < -0.39 is 23.7 Å². The molecule has 2 N–H and O–H groups in total. The summed E-state index contributed by atoms with van der Waals surface area (Å²) in [5, 5.41) is 10.3. The van der Waals surface area contributed by atoms with Crippen molar-refractivity contribution in [2.45, 2.75) is 44.7 Å². The Morgan fingerprint density at radius 3 is 2.05 bits per heavy atom. The molecule has 1 saturated heterocycles. The van der Waals surface area contributed by atoms with Gasteiger partial charge in [0, 0.05) is 13.1 Å². The fraction of sp³-hybridized carbons (Fsp3) is 0.818. The Hall–Kier alpha value is -1.51. The third-order valence-electron chi connectivity index (χ3n) is 3.06. The molecule has 1 rings (SSSR count). The van der Waals surface area contributed by atoms with E-state index in [1.54, 1.807) is 19.2 Å². The Morgan fingerprint density at radius 1 is 1.25 bits per heavy atom. The molecule has 3 atom stereocenters. The van der Waals surface area contributed by atoms with Crippen molar-refractivity contribution in [1.82, 2.24) is 10.2 Å². The fourth-order valence-electron chi connectivity index (χ4n) is 1.88. The second kappa shape index (κ2) is 5.47. The van der Waals surface area contributed by atoms with Crippen molar-refractivity contribution in [3.8, 4) is 0 Å². The van der Waals surface area contributed by atoms with Gasteiger partial charge in [0.1, 0.15) is 0 Å². The van der Waals surface area contributed by atoms with E-state index in [4.69, 9.17) is 9.84 Å². The summed E-state index contributed by atoms with van der Waals surface area (Å²) in [6.07, 6.45) is -5.75. The van der Waals surface area contributed by atoms with E-state index in [1.807, 2.05) is 0 Å². The van der Waals surface area contributed by atoms with Crippen molar-refractivity contribution in [2.24, 2.45) is 0 Å². The minimum absolute atomic E-state index is 0.101. The van der Waals surface area contributed by atoms with Crippen LogP contribution in [0.25, 0.3) is 0 Å². The molecule has 116 valence electrons. The van der Waals surface area contributed by atoms with Crippen LogP contribution in [0.3, 0.4) is 0 Å². The van der Waals surface area contributed by atoms with Gasteiger partial charge in [-0.3, -0.25) is 0 Å². The summed E-state index contributed by atoms with van der Waals surface area (Å²) in [5.74, 6) is -2.16. The fourth-order valence-corrected chi connectivity index (χ4v) is 1.88. The molecule has 1 aliphatic rings. The number of amides is 2. The topological polar surface area (TPSA) is 78.9 Å². The standard InChI is InChI=1S/C11H17F3N2O4/c1-6-4-16(5-7(2)20-6)9(19)15-10(3,8(17)18)11(12,13)14/h6-7H,4-5H2,1-3H3,(H,15,19)(H,17,18). The van der Waals surface area contributed by atoms with Crippen LogP contribution in [0.1, 0.15) is 20.8 Å². The van der Waals surface area contributed by atoms with Crippen LogP contribution in [-0.4, -0.2) is 59.0 Å². The summed E-state index contributed by atoms with van der Waals surface area (Å²) in [7, 11) is 0. The number of carbonyl (C=O) groups is 2. The molecule has 20 heavy (non-hydrogen) atoms. The van der Waals surface area contributed by atoms with E-state index in [9.17, 15) is 22.8 Å². The first kappa shape index (κ1) is 16.5. The molecule has 0 bridgehead atoms. The van der Waals surface area contributed by atoms with Crippen LogP contribution in [0.5, 0.6) is 0 Å². The van der Waals surface area contributed by atoms with Crippen LogP contribution in [0, 0.1) is 0 Å². The number of urea groups is 1. The zero-order chi connectivity index (χ0) is 15.7. The minimum atomic E-state index is -5.10. The molecule has 0 saturated carbocycles. The number of nitrogens with zero attached hydrogens (tertiary/aromatic N) is 1. The Balaban J connectivity index is 2.85. The lowest BCUT2D eigenvalue weighted by molar-refractivity contribution is -0.203. The first-order valence-electron chi connectivity index (χ1n) is 6.00. The van der Waals surface area contributed by atoms with Crippen LogP contribution in [0.4, 0.5) is 18.0 Å². The number of halogens is 3. The molecular formula is C11H17F3N2O4. The number of morpholine rings is 1. The predicted octanol–water partition coefficient (Wildman–Crippen LogP) is 1.21. The highest BCUT2D eigenvalue weighted by Gasteiger charge is 2.59. The number of carbonyl (C=O) groups excluding carboxylic acids is 1. The average Bonchev–Trinajstić information content (AvgIpc) is 2.25. The Labute approximate surface area is 113 Å². The van der Waals surface area contributed by atoms with Gasteiger partial charge in [-0.1, -0.05) is 0 Å². The minimum Gasteiger partial charge on any atom is -0.479 e. The summed E-state index contributed by atoms with van der Waals surface area (Å²) in [4.78, 5) is 23.8. The highest BCUT2D eigenvalue weighted by molar-refractivity contribution is 5.86. The van der Waals surface area contributed by atoms with E-state index in [1.165, 1.54) is 0 Å². The number of alkyl halides is 3. The summed E-state index contributed by atoms with van der Waals surface area (Å²) in [5.41, 5.74) is -3.32. The van der Waals surface area contributed by atoms with Crippen LogP contribution < -0.4 is 5.32 Å². The van der Waals surface area contributed by atoms with Crippen LogP contribution >= 0.6 is 0 Å². The maximum Gasteiger partial charge on any atom is 0.422 e. The molecule has 0 aromatic carbocycles. The van der Waals surface area contributed by atoms with Gasteiger partial charge >= 0.3 is 18.2 Å². The molecule has 0 aromatic rings. The van der Waals surface area contributed by atoms with Crippen LogP contribution in [0.2, 0.25) is 0 Å². The Kier molecular flexibility index (Phi) is 4.52. The Morgan fingerprint density at radius 2 is 1.70 bits per heavy atom. The van der Waals surface area contributed by atoms with E-state index in [0.29, 0.717) is 6.92 Å². The summed E-state index contributed by atoms with van der Waals surface area (Å²) < 4.78 is 43.7.